The Labute approximate surface area is 141 Å². The Morgan fingerprint density at radius 3 is 2.29 bits per heavy atom. The molecule has 0 aliphatic heterocycles. The summed E-state index contributed by atoms with van der Waals surface area (Å²) >= 11 is 0. The van der Waals surface area contributed by atoms with E-state index in [4.69, 9.17) is 4.74 Å². The lowest BCUT2D eigenvalue weighted by Gasteiger charge is -2.13. The van der Waals surface area contributed by atoms with Crippen LogP contribution in [0, 0.1) is 5.92 Å². The molecule has 0 unspecified atom stereocenters. The fourth-order valence-electron chi connectivity index (χ4n) is 1.97. The minimum absolute atomic E-state index is 0.506. The topological polar surface area (TPSA) is 45.7 Å². The molecule has 0 aliphatic rings. The SMILES string of the molecule is CN=C(NCCOCC(C)C)NCCc1ccc(C(F)(F)F)cc1. The van der Waals surface area contributed by atoms with Crippen LogP contribution in [-0.2, 0) is 17.3 Å². The van der Waals surface area contributed by atoms with Crippen molar-refractivity contribution >= 4 is 5.96 Å². The minimum Gasteiger partial charge on any atom is -0.379 e. The van der Waals surface area contributed by atoms with Gasteiger partial charge in [0, 0.05) is 26.7 Å². The molecule has 1 aromatic rings. The summed E-state index contributed by atoms with van der Waals surface area (Å²) in [7, 11) is 1.67. The van der Waals surface area contributed by atoms with Gasteiger partial charge in [-0.3, -0.25) is 4.99 Å². The van der Waals surface area contributed by atoms with Gasteiger partial charge in [0.15, 0.2) is 5.96 Å². The molecule has 0 radical (unpaired) electrons. The molecule has 0 saturated carbocycles. The maximum Gasteiger partial charge on any atom is 0.416 e. The van der Waals surface area contributed by atoms with E-state index in [0.717, 1.165) is 24.3 Å². The van der Waals surface area contributed by atoms with Gasteiger partial charge in [0.2, 0.25) is 0 Å². The van der Waals surface area contributed by atoms with Gasteiger partial charge in [-0.2, -0.15) is 13.2 Å². The number of nitrogens with one attached hydrogen (secondary N) is 2. The van der Waals surface area contributed by atoms with Crippen LogP contribution in [0.2, 0.25) is 0 Å². The first-order valence-corrected chi connectivity index (χ1v) is 8.01. The predicted octanol–water partition coefficient (Wildman–Crippen LogP) is 3.09. The number of aliphatic imine (C=N–C) groups is 1. The first-order chi connectivity index (χ1) is 11.3. The molecule has 0 aromatic heterocycles. The molecule has 0 amide bonds. The van der Waals surface area contributed by atoms with Crippen molar-refractivity contribution in [2.24, 2.45) is 10.9 Å². The van der Waals surface area contributed by atoms with E-state index in [1.165, 1.54) is 12.1 Å². The normalized spacial score (nSPS) is 12.5. The standard InChI is InChI=1S/C17H26F3N3O/c1-13(2)12-24-11-10-23-16(21-3)22-9-8-14-4-6-15(7-5-14)17(18,19)20/h4-7,13H,8-12H2,1-3H3,(H2,21,22,23). The van der Waals surface area contributed by atoms with E-state index in [1.807, 2.05) is 0 Å². The third kappa shape index (κ3) is 8.19. The van der Waals surface area contributed by atoms with Gasteiger partial charge in [0.1, 0.15) is 0 Å². The fourth-order valence-corrected chi connectivity index (χ4v) is 1.97. The molecular formula is C17H26F3N3O. The van der Waals surface area contributed by atoms with Gasteiger partial charge in [-0.05, 0) is 30.0 Å². The van der Waals surface area contributed by atoms with E-state index in [2.05, 4.69) is 29.5 Å². The van der Waals surface area contributed by atoms with Crippen molar-refractivity contribution in [2.45, 2.75) is 26.4 Å². The van der Waals surface area contributed by atoms with E-state index in [-0.39, 0.29) is 0 Å². The highest BCUT2D eigenvalue weighted by Gasteiger charge is 2.29. The fraction of sp³-hybridized carbons (Fsp3) is 0.588. The predicted molar refractivity (Wildman–Crippen MR) is 90.2 cm³/mol. The summed E-state index contributed by atoms with van der Waals surface area (Å²) < 4.78 is 42.9. The number of hydrogen-bond acceptors (Lipinski definition) is 2. The molecule has 1 rings (SSSR count). The third-order valence-corrected chi connectivity index (χ3v) is 3.20. The monoisotopic (exact) mass is 345 g/mol. The zero-order valence-corrected chi connectivity index (χ0v) is 14.4. The number of halogens is 3. The van der Waals surface area contributed by atoms with Gasteiger partial charge >= 0.3 is 6.18 Å². The molecule has 0 aliphatic carbocycles. The van der Waals surface area contributed by atoms with Crippen molar-refractivity contribution in [1.29, 1.82) is 0 Å². The second kappa shape index (κ2) is 10.2. The molecule has 1 aromatic carbocycles. The van der Waals surface area contributed by atoms with Gasteiger partial charge in [0.25, 0.3) is 0 Å². The van der Waals surface area contributed by atoms with Crippen LogP contribution in [0.3, 0.4) is 0 Å². The lowest BCUT2D eigenvalue weighted by molar-refractivity contribution is -0.137. The molecule has 4 nitrogen and oxygen atoms in total. The van der Waals surface area contributed by atoms with E-state index in [0.29, 0.717) is 38.0 Å². The lowest BCUT2D eigenvalue weighted by Crippen LogP contribution is -2.39. The molecule has 0 spiro atoms. The van der Waals surface area contributed by atoms with E-state index in [9.17, 15) is 13.2 Å². The number of rotatable bonds is 8. The van der Waals surface area contributed by atoms with Crippen LogP contribution >= 0.6 is 0 Å². The molecule has 2 N–H and O–H groups in total. The molecule has 7 heteroatoms. The van der Waals surface area contributed by atoms with Crippen LogP contribution in [0.25, 0.3) is 0 Å². The average Bonchev–Trinajstić information content (AvgIpc) is 2.52. The van der Waals surface area contributed by atoms with Crippen molar-refractivity contribution in [3.8, 4) is 0 Å². The molecular weight excluding hydrogens is 319 g/mol. The minimum atomic E-state index is -4.29. The molecule has 0 heterocycles. The third-order valence-electron chi connectivity index (χ3n) is 3.20. The zero-order chi connectivity index (χ0) is 18.0. The van der Waals surface area contributed by atoms with Crippen LogP contribution in [0.4, 0.5) is 13.2 Å². The molecule has 136 valence electrons. The van der Waals surface area contributed by atoms with Gasteiger partial charge in [-0.1, -0.05) is 26.0 Å². The Morgan fingerprint density at radius 2 is 1.75 bits per heavy atom. The van der Waals surface area contributed by atoms with Crippen LogP contribution in [0.1, 0.15) is 25.0 Å². The number of guanidine groups is 1. The Bertz CT molecular complexity index is 499. The average molecular weight is 345 g/mol. The van der Waals surface area contributed by atoms with Crippen molar-refractivity contribution in [2.75, 3.05) is 33.4 Å². The molecule has 0 fully saturated rings. The van der Waals surface area contributed by atoms with Crippen molar-refractivity contribution in [3.63, 3.8) is 0 Å². The molecule has 0 saturated heterocycles. The number of alkyl halides is 3. The second-order valence-electron chi connectivity index (χ2n) is 5.84. The van der Waals surface area contributed by atoms with E-state index >= 15 is 0 Å². The highest BCUT2D eigenvalue weighted by molar-refractivity contribution is 5.79. The van der Waals surface area contributed by atoms with Crippen LogP contribution < -0.4 is 10.6 Å². The van der Waals surface area contributed by atoms with Gasteiger partial charge in [-0.15, -0.1) is 0 Å². The van der Waals surface area contributed by atoms with Gasteiger partial charge < -0.3 is 15.4 Å². The summed E-state index contributed by atoms with van der Waals surface area (Å²) in [5.41, 5.74) is 0.212. The Morgan fingerprint density at radius 1 is 1.12 bits per heavy atom. The summed E-state index contributed by atoms with van der Waals surface area (Å²) in [6, 6.07) is 5.21. The quantitative estimate of drug-likeness (QED) is 0.432. The maximum atomic E-state index is 12.5. The summed E-state index contributed by atoms with van der Waals surface area (Å²) in [5, 5.41) is 6.25. The Kier molecular flexibility index (Phi) is 8.60. The first kappa shape index (κ1) is 20.3. The second-order valence-corrected chi connectivity index (χ2v) is 5.84. The van der Waals surface area contributed by atoms with Crippen molar-refractivity contribution in [3.05, 3.63) is 35.4 Å². The lowest BCUT2D eigenvalue weighted by atomic mass is 10.1. The highest BCUT2D eigenvalue weighted by atomic mass is 19.4. The summed E-state index contributed by atoms with van der Waals surface area (Å²) in [5.74, 6) is 1.15. The summed E-state index contributed by atoms with van der Waals surface area (Å²) in [6.07, 6.45) is -3.68. The number of nitrogens with zero attached hydrogens (tertiary/aromatic N) is 1. The van der Waals surface area contributed by atoms with Crippen LogP contribution in [0.5, 0.6) is 0 Å². The first-order valence-electron chi connectivity index (χ1n) is 8.01. The summed E-state index contributed by atoms with van der Waals surface area (Å²) in [6.45, 7) is 6.73. The Hall–Kier alpha value is -1.76. The number of ether oxygens (including phenoxy) is 1. The smallest absolute Gasteiger partial charge is 0.379 e. The van der Waals surface area contributed by atoms with Crippen molar-refractivity contribution in [1.82, 2.24) is 10.6 Å². The van der Waals surface area contributed by atoms with Gasteiger partial charge in [0.05, 0.1) is 12.2 Å². The van der Waals surface area contributed by atoms with E-state index < -0.39 is 11.7 Å². The van der Waals surface area contributed by atoms with Crippen LogP contribution in [-0.4, -0.2) is 39.3 Å². The van der Waals surface area contributed by atoms with Crippen LogP contribution in [0.15, 0.2) is 29.3 Å². The number of hydrogen-bond donors (Lipinski definition) is 2. The zero-order valence-electron chi connectivity index (χ0n) is 14.4. The molecule has 0 atom stereocenters. The molecule has 24 heavy (non-hydrogen) atoms. The largest absolute Gasteiger partial charge is 0.416 e. The van der Waals surface area contributed by atoms with E-state index in [1.54, 1.807) is 7.05 Å². The Balaban J connectivity index is 2.27. The molecule has 0 bridgehead atoms. The summed E-state index contributed by atoms with van der Waals surface area (Å²) in [4.78, 5) is 4.09. The maximum absolute atomic E-state index is 12.5. The van der Waals surface area contributed by atoms with Gasteiger partial charge in [-0.25, -0.2) is 0 Å². The highest BCUT2D eigenvalue weighted by Crippen LogP contribution is 2.29. The number of benzene rings is 1. The van der Waals surface area contributed by atoms with Crippen molar-refractivity contribution < 1.29 is 17.9 Å².